The molecule has 0 radical (unpaired) electrons. The van der Waals surface area contributed by atoms with Crippen molar-refractivity contribution >= 4 is 61.5 Å². The van der Waals surface area contributed by atoms with E-state index in [9.17, 15) is 8.42 Å². The van der Waals surface area contributed by atoms with E-state index in [1.807, 2.05) is 0 Å². The molecule has 0 unspecified atom stereocenters. The van der Waals surface area contributed by atoms with Crippen LogP contribution in [0.4, 0.5) is 0 Å². The molecule has 0 aliphatic rings. The maximum atomic E-state index is 10.4. The van der Waals surface area contributed by atoms with E-state index in [1.165, 1.54) is 44.9 Å². The van der Waals surface area contributed by atoms with Crippen molar-refractivity contribution in [3.63, 3.8) is 0 Å². The van der Waals surface area contributed by atoms with Gasteiger partial charge >= 0.3 is 51.4 Å². The van der Waals surface area contributed by atoms with Gasteiger partial charge in [0, 0.05) is 0 Å². The SMILES string of the molecule is CCCCCCCCCCCCS(=O)(=O)O.[KH]. The van der Waals surface area contributed by atoms with Gasteiger partial charge in [0.25, 0.3) is 10.1 Å². The van der Waals surface area contributed by atoms with Crippen molar-refractivity contribution in [1.29, 1.82) is 0 Å². The van der Waals surface area contributed by atoms with E-state index in [0.717, 1.165) is 12.8 Å². The van der Waals surface area contributed by atoms with Gasteiger partial charge in [0.05, 0.1) is 5.75 Å². The van der Waals surface area contributed by atoms with E-state index < -0.39 is 10.1 Å². The summed E-state index contributed by atoms with van der Waals surface area (Å²) in [6.07, 6.45) is 11.7. The van der Waals surface area contributed by atoms with Crippen molar-refractivity contribution in [1.82, 2.24) is 0 Å². The van der Waals surface area contributed by atoms with Gasteiger partial charge in [0.2, 0.25) is 0 Å². The van der Waals surface area contributed by atoms with Crippen LogP contribution >= 0.6 is 0 Å². The van der Waals surface area contributed by atoms with Crippen LogP contribution in [-0.4, -0.2) is 70.1 Å². The van der Waals surface area contributed by atoms with Crippen molar-refractivity contribution in [2.75, 3.05) is 5.75 Å². The molecule has 0 aromatic rings. The first kappa shape index (κ1) is 20.9. The minimum atomic E-state index is -3.73. The Morgan fingerprint density at radius 2 is 1.12 bits per heavy atom. The molecule has 1 N–H and O–H groups in total. The third-order valence-electron chi connectivity index (χ3n) is 2.76. The normalized spacial score (nSPS) is 11.2. The number of hydrogen-bond acceptors (Lipinski definition) is 2. The molecule has 100 valence electrons. The van der Waals surface area contributed by atoms with Gasteiger partial charge in [-0.25, -0.2) is 0 Å². The monoisotopic (exact) mass is 290 g/mol. The van der Waals surface area contributed by atoms with Gasteiger partial charge in [-0.2, -0.15) is 8.42 Å². The molecule has 17 heavy (non-hydrogen) atoms. The quantitative estimate of drug-likeness (QED) is 0.361. The molecule has 0 amide bonds. The predicted molar refractivity (Wildman–Crippen MR) is 75.4 cm³/mol. The zero-order valence-corrected chi connectivity index (χ0v) is 11.3. The molecule has 0 bridgehead atoms. The molecular formula is C12H27KO3S. The third-order valence-corrected chi connectivity index (χ3v) is 3.56. The fraction of sp³-hybridized carbons (Fsp3) is 1.00. The summed E-state index contributed by atoms with van der Waals surface area (Å²) < 4.78 is 29.4. The summed E-state index contributed by atoms with van der Waals surface area (Å²) in [7, 11) is -3.73. The summed E-state index contributed by atoms with van der Waals surface area (Å²) in [5, 5.41) is 0. The molecule has 0 aliphatic carbocycles. The van der Waals surface area contributed by atoms with Crippen LogP contribution in [0.3, 0.4) is 0 Å². The van der Waals surface area contributed by atoms with E-state index in [4.69, 9.17) is 4.55 Å². The Labute approximate surface area is 149 Å². The van der Waals surface area contributed by atoms with Crippen molar-refractivity contribution in [3.8, 4) is 0 Å². The molecule has 5 heteroatoms. The summed E-state index contributed by atoms with van der Waals surface area (Å²) in [5.41, 5.74) is 0. The Bertz CT molecular complexity index is 240. The molecule has 0 aromatic carbocycles. The topological polar surface area (TPSA) is 54.4 Å². The van der Waals surface area contributed by atoms with Gasteiger partial charge in [-0.1, -0.05) is 64.7 Å². The fourth-order valence-corrected chi connectivity index (χ4v) is 2.34. The molecule has 0 heterocycles. The first-order valence-corrected chi connectivity index (χ1v) is 8.12. The fourth-order valence-electron chi connectivity index (χ4n) is 1.77. The molecule has 0 aliphatic heterocycles. The Kier molecular flexibility index (Phi) is 17.1. The molecular weight excluding hydrogens is 263 g/mol. The van der Waals surface area contributed by atoms with Crippen LogP contribution in [0.5, 0.6) is 0 Å². The van der Waals surface area contributed by atoms with E-state index in [-0.39, 0.29) is 57.1 Å². The summed E-state index contributed by atoms with van der Waals surface area (Å²) in [6, 6.07) is 0. The van der Waals surface area contributed by atoms with Gasteiger partial charge in [-0.3, -0.25) is 4.55 Å². The van der Waals surface area contributed by atoms with Crippen molar-refractivity contribution < 1.29 is 13.0 Å². The summed E-state index contributed by atoms with van der Waals surface area (Å²) in [4.78, 5) is 0. The molecule has 0 spiro atoms. The van der Waals surface area contributed by atoms with Crippen LogP contribution in [0.25, 0.3) is 0 Å². The molecule has 0 atom stereocenters. The van der Waals surface area contributed by atoms with Gasteiger partial charge < -0.3 is 0 Å². The van der Waals surface area contributed by atoms with Gasteiger partial charge in [-0.15, -0.1) is 0 Å². The zero-order valence-electron chi connectivity index (χ0n) is 10.5. The second-order valence-corrected chi connectivity index (χ2v) is 6.04. The molecule has 0 aromatic heterocycles. The van der Waals surface area contributed by atoms with Gasteiger partial charge in [-0.05, 0) is 6.42 Å². The van der Waals surface area contributed by atoms with E-state index in [0.29, 0.717) is 6.42 Å². The first-order valence-electron chi connectivity index (χ1n) is 6.51. The first-order chi connectivity index (χ1) is 7.56. The Balaban J connectivity index is 0. The van der Waals surface area contributed by atoms with Crippen LogP contribution < -0.4 is 0 Å². The summed E-state index contributed by atoms with van der Waals surface area (Å²) in [5.74, 6) is -0.0799. The van der Waals surface area contributed by atoms with E-state index in [1.54, 1.807) is 0 Å². The standard InChI is InChI=1S/C12H26O3S.K.H/c1-2-3-4-5-6-7-8-9-10-11-12-16(13,14)15;;/h2-12H2,1H3,(H,13,14,15);;. The van der Waals surface area contributed by atoms with Crippen molar-refractivity contribution in [2.24, 2.45) is 0 Å². The van der Waals surface area contributed by atoms with Crippen LogP contribution in [0.1, 0.15) is 71.1 Å². The summed E-state index contributed by atoms with van der Waals surface area (Å²) >= 11 is 0. The maximum absolute atomic E-state index is 10.4. The molecule has 0 rings (SSSR count). The van der Waals surface area contributed by atoms with Crippen LogP contribution in [0.2, 0.25) is 0 Å². The Morgan fingerprint density at radius 3 is 1.47 bits per heavy atom. The molecule has 0 saturated carbocycles. The predicted octanol–water partition coefficient (Wildman–Crippen LogP) is 3.15. The third kappa shape index (κ3) is 20.0. The zero-order chi connectivity index (χ0) is 12.3. The van der Waals surface area contributed by atoms with Crippen molar-refractivity contribution in [2.45, 2.75) is 71.1 Å². The molecule has 3 nitrogen and oxygen atoms in total. The number of unbranched alkanes of at least 4 members (excludes halogenated alkanes) is 9. The second-order valence-electron chi connectivity index (χ2n) is 4.47. The summed E-state index contributed by atoms with van der Waals surface area (Å²) in [6.45, 7) is 2.22. The Hall–Kier alpha value is 1.55. The van der Waals surface area contributed by atoms with Crippen LogP contribution in [-0.2, 0) is 10.1 Å². The number of rotatable bonds is 11. The van der Waals surface area contributed by atoms with E-state index >= 15 is 0 Å². The second kappa shape index (κ2) is 14.0. The Morgan fingerprint density at radius 1 is 0.765 bits per heavy atom. The van der Waals surface area contributed by atoms with Gasteiger partial charge in [0.15, 0.2) is 0 Å². The van der Waals surface area contributed by atoms with Gasteiger partial charge in [0.1, 0.15) is 0 Å². The van der Waals surface area contributed by atoms with E-state index in [2.05, 4.69) is 6.92 Å². The molecule has 0 fully saturated rings. The average molecular weight is 291 g/mol. The molecule has 0 saturated heterocycles. The van der Waals surface area contributed by atoms with Crippen molar-refractivity contribution in [3.05, 3.63) is 0 Å². The van der Waals surface area contributed by atoms with Crippen LogP contribution in [0, 0.1) is 0 Å². The van der Waals surface area contributed by atoms with Crippen LogP contribution in [0.15, 0.2) is 0 Å². The number of hydrogen-bond donors (Lipinski definition) is 1. The average Bonchev–Trinajstić information content (AvgIpc) is 2.19. The minimum absolute atomic E-state index is 0.